The molecule has 0 heterocycles. The van der Waals surface area contributed by atoms with Gasteiger partial charge in [0.15, 0.2) is 6.61 Å². The first-order valence-electron chi connectivity index (χ1n) is 6.94. The van der Waals surface area contributed by atoms with Gasteiger partial charge in [-0.25, -0.2) is 5.43 Å². The monoisotopic (exact) mass is 332 g/mol. The van der Waals surface area contributed by atoms with Crippen LogP contribution in [0.1, 0.15) is 11.1 Å². The van der Waals surface area contributed by atoms with Crippen molar-refractivity contribution < 1.29 is 14.3 Å². The minimum atomic E-state index is -0.368. The quantitative estimate of drug-likeness (QED) is 0.653. The molecule has 0 fully saturated rings. The molecule has 0 saturated heterocycles. The number of aryl methyl sites for hydroxylation is 1. The summed E-state index contributed by atoms with van der Waals surface area (Å²) in [6, 6.07) is 12.5. The number of rotatable bonds is 6. The van der Waals surface area contributed by atoms with Crippen molar-refractivity contribution in [2.45, 2.75) is 6.92 Å². The molecule has 0 aliphatic carbocycles. The SMILES string of the molecule is COc1ccc(/C=N\NC(=O)COc2ccccc2Cl)c(C)c1. The standard InChI is InChI=1S/C17H17ClN2O3/c1-12-9-14(22-2)8-7-13(12)10-19-20-17(21)11-23-16-6-4-3-5-15(16)18/h3-10H,11H2,1-2H3,(H,20,21)/b19-10-. The Morgan fingerprint density at radius 1 is 1.30 bits per heavy atom. The number of para-hydroxylation sites is 1. The summed E-state index contributed by atoms with van der Waals surface area (Å²) in [5, 5.41) is 4.37. The molecule has 0 unspecified atom stereocenters. The lowest BCUT2D eigenvalue weighted by molar-refractivity contribution is -0.123. The first-order valence-corrected chi connectivity index (χ1v) is 7.32. The van der Waals surface area contributed by atoms with Gasteiger partial charge in [-0.05, 0) is 48.4 Å². The third kappa shape index (κ3) is 5.00. The smallest absolute Gasteiger partial charge is 0.277 e. The molecule has 2 aromatic rings. The number of benzene rings is 2. The first kappa shape index (κ1) is 16.8. The topological polar surface area (TPSA) is 59.9 Å². The second-order valence-corrected chi connectivity index (χ2v) is 5.14. The van der Waals surface area contributed by atoms with E-state index in [-0.39, 0.29) is 12.5 Å². The number of nitrogens with one attached hydrogen (secondary N) is 1. The summed E-state index contributed by atoms with van der Waals surface area (Å²) in [5.74, 6) is 0.864. The average molecular weight is 333 g/mol. The van der Waals surface area contributed by atoms with E-state index in [1.54, 1.807) is 37.6 Å². The highest BCUT2D eigenvalue weighted by molar-refractivity contribution is 6.32. The van der Waals surface area contributed by atoms with Gasteiger partial charge in [-0.2, -0.15) is 5.10 Å². The Hall–Kier alpha value is -2.53. The number of hydrazone groups is 1. The fraction of sp³-hybridized carbons (Fsp3) is 0.176. The van der Waals surface area contributed by atoms with Crippen LogP contribution >= 0.6 is 11.6 Å². The van der Waals surface area contributed by atoms with Crippen LogP contribution in [-0.2, 0) is 4.79 Å². The number of methoxy groups -OCH3 is 1. The number of nitrogens with zero attached hydrogens (tertiary/aromatic N) is 1. The molecule has 2 rings (SSSR count). The second kappa shape index (κ2) is 8.19. The molecule has 0 spiro atoms. The van der Waals surface area contributed by atoms with Crippen LogP contribution in [0.4, 0.5) is 0 Å². The predicted octanol–water partition coefficient (Wildman–Crippen LogP) is 3.19. The molecule has 0 radical (unpaired) electrons. The van der Waals surface area contributed by atoms with Crippen molar-refractivity contribution >= 4 is 23.7 Å². The highest BCUT2D eigenvalue weighted by Crippen LogP contribution is 2.22. The summed E-state index contributed by atoms with van der Waals surface area (Å²) < 4.78 is 10.5. The molecule has 2 aromatic carbocycles. The predicted molar refractivity (Wildman–Crippen MR) is 90.4 cm³/mol. The maximum atomic E-state index is 11.7. The van der Waals surface area contributed by atoms with Gasteiger partial charge in [-0.1, -0.05) is 23.7 Å². The Bertz CT molecular complexity index is 717. The van der Waals surface area contributed by atoms with E-state index < -0.39 is 0 Å². The molecule has 0 atom stereocenters. The maximum Gasteiger partial charge on any atom is 0.277 e. The van der Waals surface area contributed by atoms with Crippen LogP contribution in [-0.4, -0.2) is 25.8 Å². The van der Waals surface area contributed by atoms with Crippen molar-refractivity contribution in [3.63, 3.8) is 0 Å². The van der Waals surface area contributed by atoms with E-state index in [1.807, 2.05) is 25.1 Å². The Balaban J connectivity index is 1.85. The van der Waals surface area contributed by atoms with Crippen LogP contribution in [0, 0.1) is 6.92 Å². The minimum Gasteiger partial charge on any atom is -0.497 e. The molecule has 0 aliphatic heterocycles. The number of ether oxygens (including phenoxy) is 2. The van der Waals surface area contributed by atoms with Gasteiger partial charge in [-0.15, -0.1) is 0 Å². The van der Waals surface area contributed by atoms with Gasteiger partial charge in [-0.3, -0.25) is 4.79 Å². The van der Waals surface area contributed by atoms with E-state index in [2.05, 4.69) is 10.5 Å². The summed E-state index contributed by atoms with van der Waals surface area (Å²) in [5.41, 5.74) is 4.29. The summed E-state index contributed by atoms with van der Waals surface area (Å²) in [6.45, 7) is 1.77. The molecular formula is C17H17ClN2O3. The number of hydrogen-bond donors (Lipinski definition) is 1. The molecule has 0 aromatic heterocycles. The lowest BCUT2D eigenvalue weighted by Gasteiger charge is -2.06. The number of amides is 1. The van der Waals surface area contributed by atoms with E-state index in [1.165, 1.54) is 0 Å². The normalized spacial score (nSPS) is 10.6. The third-order valence-corrected chi connectivity index (χ3v) is 3.38. The molecule has 6 heteroatoms. The van der Waals surface area contributed by atoms with Crippen molar-refractivity contribution in [3.8, 4) is 11.5 Å². The zero-order chi connectivity index (χ0) is 16.7. The summed E-state index contributed by atoms with van der Waals surface area (Å²) in [7, 11) is 1.61. The summed E-state index contributed by atoms with van der Waals surface area (Å²) in [6.07, 6.45) is 1.57. The molecule has 1 amide bonds. The van der Waals surface area contributed by atoms with Crippen LogP contribution in [0.15, 0.2) is 47.6 Å². The van der Waals surface area contributed by atoms with E-state index in [0.29, 0.717) is 10.8 Å². The number of halogens is 1. The van der Waals surface area contributed by atoms with Gasteiger partial charge >= 0.3 is 0 Å². The zero-order valence-electron chi connectivity index (χ0n) is 12.9. The van der Waals surface area contributed by atoms with Crippen LogP contribution in [0.25, 0.3) is 0 Å². The highest BCUT2D eigenvalue weighted by Gasteiger charge is 2.04. The molecule has 120 valence electrons. The molecule has 0 aliphatic rings. The largest absolute Gasteiger partial charge is 0.497 e. The Morgan fingerprint density at radius 2 is 2.09 bits per heavy atom. The van der Waals surface area contributed by atoms with E-state index in [9.17, 15) is 4.79 Å². The third-order valence-electron chi connectivity index (χ3n) is 3.07. The second-order valence-electron chi connectivity index (χ2n) is 4.73. The van der Waals surface area contributed by atoms with Gasteiger partial charge in [0.2, 0.25) is 0 Å². The van der Waals surface area contributed by atoms with Crippen molar-refractivity contribution in [3.05, 3.63) is 58.6 Å². The maximum absolute atomic E-state index is 11.7. The first-order chi connectivity index (χ1) is 11.1. The summed E-state index contributed by atoms with van der Waals surface area (Å²) in [4.78, 5) is 11.7. The zero-order valence-corrected chi connectivity index (χ0v) is 13.6. The van der Waals surface area contributed by atoms with Crippen LogP contribution < -0.4 is 14.9 Å². The Morgan fingerprint density at radius 3 is 2.78 bits per heavy atom. The lowest BCUT2D eigenvalue weighted by Crippen LogP contribution is -2.24. The van der Waals surface area contributed by atoms with E-state index >= 15 is 0 Å². The van der Waals surface area contributed by atoms with Gasteiger partial charge < -0.3 is 9.47 Å². The van der Waals surface area contributed by atoms with Crippen molar-refractivity contribution in [1.82, 2.24) is 5.43 Å². The van der Waals surface area contributed by atoms with Crippen LogP contribution in [0.5, 0.6) is 11.5 Å². The van der Waals surface area contributed by atoms with Gasteiger partial charge in [0.1, 0.15) is 11.5 Å². The lowest BCUT2D eigenvalue weighted by atomic mass is 10.1. The molecule has 0 bridgehead atoms. The molecule has 1 N–H and O–H groups in total. The fourth-order valence-corrected chi connectivity index (χ4v) is 2.02. The van der Waals surface area contributed by atoms with Gasteiger partial charge in [0.25, 0.3) is 5.91 Å². The molecular weight excluding hydrogens is 316 g/mol. The van der Waals surface area contributed by atoms with Crippen LogP contribution in [0.2, 0.25) is 5.02 Å². The summed E-state index contributed by atoms with van der Waals surface area (Å²) >= 11 is 5.94. The molecule has 0 saturated carbocycles. The molecule has 23 heavy (non-hydrogen) atoms. The van der Waals surface area contributed by atoms with Crippen LogP contribution in [0.3, 0.4) is 0 Å². The number of carbonyl (C=O) groups is 1. The average Bonchev–Trinajstić information content (AvgIpc) is 2.55. The van der Waals surface area contributed by atoms with E-state index in [4.69, 9.17) is 21.1 Å². The fourth-order valence-electron chi connectivity index (χ4n) is 1.83. The Labute approximate surface area is 139 Å². The highest BCUT2D eigenvalue weighted by atomic mass is 35.5. The Kier molecular flexibility index (Phi) is 6.00. The van der Waals surface area contributed by atoms with Gasteiger partial charge in [0, 0.05) is 0 Å². The van der Waals surface area contributed by atoms with Crippen molar-refractivity contribution in [1.29, 1.82) is 0 Å². The minimum absolute atomic E-state index is 0.164. The number of hydrogen-bond acceptors (Lipinski definition) is 4. The van der Waals surface area contributed by atoms with Gasteiger partial charge in [0.05, 0.1) is 18.3 Å². The molecule has 5 nitrogen and oxygen atoms in total. The van der Waals surface area contributed by atoms with Crippen molar-refractivity contribution in [2.24, 2.45) is 5.10 Å². The van der Waals surface area contributed by atoms with E-state index in [0.717, 1.165) is 16.9 Å². The van der Waals surface area contributed by atoms with Crippen molar-refractivity contribution in [2.75, 3.05) is 13.7 Å². The number of carbonyl (C=O) groups excluding carboxylic acids is 1.